The van der Waals surface area contributed by atoms with Gasteiger partial charge in [-0.2, -0.15) is 10.2 Å². The molecule has 0 saturated carbocycles. The van der Waals surface area contributed by atoms with Crippen LogP contribution in [-0.4, -0.2) is 50.8 Å². The smallest absolute Gasteiger partial charge is 0.255 e. The van der Waals surface area contributed by atoms with E-state index in [1.807, 2.05) is 89.6 Å². The summed E-state index contributed by atoms with van der Waals surface area (Å²) >= 11 is 0. The molecule has 1 saturated heterocycles. The predicted octanol–water partition coefficient (Wildman–Crippen LogP) is 5.69. The highest BCUT2D eigenvalue weighted by atomic mass is 32.2. The Kier molecular flexibility index (Phi) is 6.83. The van der Waals surface area contributed by atoms with Gasteiger partial charge in [-0.1, -0.05) is 48.5 Å². The first-order valence-corrected chi connectivity index (χ1v) is 15.9. The van der Waals surface area contributed by atoms with Gasteiger partial charge in [-0.15, -0.1) is 0 Å². The molecule has 2 N–H and O–H groups in total. The van der Waals surface area contributed by atoms with Crippen molar-refractivity contribution in [3.05, 3.63) is 120 Å². The number of hydrogen-bond acceptors (Lipinski definition) is 6. The second-order valence-electron chi connectivity index (χ2n) is 10.8. The van der Waals surface area contributed by atoms with Gasteiger partial charge in [-0.25, -0.2) is 8.42 Å². The molecule has 10 heteroatoms. The summed E-state index contributed by atoms with van der Waals surface area (Å²) in [5.41, 5.74) is 7.10. The molecule has 7 rings (SSSR count). The Bertz CT molecular complexity index is 2050. The van der Waals surface area contributed by atoms with E-state index in [4.69, 9.17) is 5.10 Å². The summed E-state index contributed by atoms with van der Waals surface area (Å²) in [5.74, 6) is -0.0270. The van der Waals surface area contributed by atoms with Crippen LogP contribution in [0.15, 0.2) is 103 Å². The van der Waals surface area contributed by atoms with Gasteiger partial charge in [0, 0.05) is 40.4 Å². The van der Waals surface area contributed by atoms with Crippen LogP contribution >= 0.6 is 0 Å². The first-order chi connectivity index (χ1) is 20.9. The zero-order valence-electron chi connectivity index (χ0n) is 23.1. The molecule has 1 aliphatic rings. The van der Waals surface area contributed by atoms with Crippen molar-refractivity contribution in [3.63, 3.8) is 0 Å². The van der Waals surface area contributed by atoms with Crippen LogP contribution in [0, 0.1) is 0 Å². The molecule has 9 nitrogen and oxygen atoms in total. The van der Waals surface area contributed by atoms with Crippen LogP contribution in [0.3, 0.4) is 0 Å². The molecule has 0 spiro atoms. The number of aromatic amines is 1. The van der Waals surface area contributed by atoms with Gasteiger partial charge in [0.05, 0.1) is 40.6 Å². The number of carbonyl (C=O) groups excluding carboxylic acids is 1. The second kappa shape index (κ2) is 11.0. The van der Waals surface area contributed by atoms with Gasteiger partial charge in [0.15, 0.2) is 9.84 Å². The number of amides is 1. The molecular weight excluding hydrogens is 560 g/mol. The standard InChI is InChI=1S/C33H28N6O3S/c40-33(36-26-13-12-25-20-35-37-30(25)19-26)24-10-6-7-22(17-24)18-28-31(29-11-4-5-15-34-29)38-39(27-14-16-43(41,42)21-27)32(28)23-8-2-1-3-9-23/h1-13,15,17,19-20,27H,14,16,18,21H2,(H,35,37)(H,36,40). The number of nitrogens with zero attached hydrogens (tertiary/aromatic N) is 4. The Hall–Kier alpha value is -5.09. The van der Waals surface area contributed by atoms with Crippen LogP contribution in [0.1, 0.15) is 33.9 Å². The summed E-state index contributed by atoms with van der Waals surface area (Å²) in [7, 11) is -3.15. The Morgan fingerprint density at radius 3 is 2.63 bits per heavy atom. The third-order valence-corrected chi connectivity index (χ3v) is 9.54. The number of hydrogen-bond donors (Lipinski definition) is 2. The van der Waals surface area contributed by atoms with Gasteiger partial charge in [0.2, 0.25) is 0 Å². The van der Waals surface area contributed by atoms with E-state index in [1.165, 1.54) is 0 Å². The number of nitrogens with one attached hydrogen (secondary N) is 2. The van der Waals surface area contributed by atoms with E-state index in [1.54, 1.807) is 18.5 Å². The SMILES string of the molecule is O=C(Nc1ccc2cn[nH]c2c1)c1cccc(Cc2c(-c3ccccn3)nn(C3CCS(=O)(=O)C3)c2-c2ccccc2)c1. The van der Waals surface area contributed by atoms with Crippen molar-refractivity contribution in [2.45, 2.75) is 18.9 Å². The minimum Gasteiger partial charge on any atom is -0.322 e. The second-order valence-corrected chi connectivity index (χ2v) is 13.0. The average molecular weight is 589 g/mol. The fraction of sp³-hybridized carbons (Fsp3) is 0.152. The summed E-state index contributed by atoms with van der Waals surface area (Å²) in [6.07, 6.45) is 4.44. The Morgan fingerprint density at radius 1 is 0.977 bits per heavy atom. The fourth-order valence-electron chi connectivity index (χ4n) is 5.72. The maximum atomic E-state index is 13.3. The zero-order chi connectivity index (χ0) is 29.4. The number of carbonyl (C=O) groups is 1. The molecule has 3 aromatic heterocycles. The van der Waals surface area contributed by atoms with Gasteiger partial charge < -0.3 is 5.32 Å². The van der Waals surface area contributed by atoms with E-state index in [9.17, 15) is 13.2 Å². The van der Waals surface area contributed by atoms with E-state index in [2.05, 4.69) is 20.5 Å². The van der Waals surface area contributed by atoms with Crippen LogP contribution in [0.4, 0.5) is 5.69 Å². The highest BCUT2D eigenvalue weighted by Gasteiger charge is 2.33. The quantitative estimate of drug-likeness (QED) is 0.247. The average Bonchev–Trinajstić information content (AvgIpc) is 3.74. The Balaban J connectivity index is 1.29. The molecule has 43 heavy (non-hydrogen) atoms. The molecule has 4 heterocycles. The maximum absolute atomic E-state index is 13.3. The number of benzene rings is 3. The molecule has 0 radical (unpaired) electrons. The molecule has 3 aromatic carbocycles. The molecule has 1 unspecified atom stereocenters. The molecule has 214 valence electrons. The molecule has 0 bridgehead atoms. The third-order valence-electron chi connectivity index (χ3n) is 7.79. The third kappa shape index (κ3) is 5.44. The lowest BCUT2D eigenvalue weighted by Gasteiger charge is -2.15. The van der Waals surface area contributed by atoms with Gasteiger partial charge in [-0.3, -0.25) is 19.6 Å². The monoisotopic (exact) mass is 588 g/mol. The first kappa shape index (κ1) is 26.8. The van der Waals surface area contributed by atoms with Crippen molar-refractivity contribution in [3.8, 4) is 22.6 Å². The minimum atomic E-state index is -3.15. The normalized spacial score (nSPS) is 16.0. The maximum Gasteiger partial charge on any atom is 0.255 e. The van der Waals surface area contributed by atoms with Gasteiger partial charge in [0.1, 0.15) is 5.69 Å². The Morgan fingerprint density at radius 2 is 1.84 bits per heavy atom. The van der Waals surface area contributed by atoms with Crippen molar-refractivity contribution in [1.82, 2.24) is 25.0 Å². The zero-order valence-corrected chi connectivity index (χ0v) is 24.0. The highest BCUT2D eigenvalue weighted by molar-refractivity contribution is 7.91. The number of aromatic nitrogens is 5. The van der Waals surface area contributed by atoms with Crippen LogP contribution in [0.5, 0.6) is 0 Å². The lowest BCUT2D eigenvalue weighted by atomic mass is 9.96. The molecule has 6 aromatic rings. The van der Waals surface area contributed by atoms with Crippen molar-refractivity contribution in [2.75, 3.05) is 16.8 Å². The van der Waals surface area contributed by atoms with Crippen molar-refractivity contribution in [2.24, 2.45) is 0 Å². The van der Waals surface area contributed by atoms with Crippen molar-refractivity contribution >= 4 is 32.3 Å². The molecule has 1 fully saturated rings. The summed E-state index contributed by atoms with van der Waals surface area (Å²) < 4.78 is 26.9. The summed E-state index contributed by atoms with van der Waals surface area (Å²) in [6, 6.07) is 28.5. The number of pyridine rings is 1. The summed E-state index contributed by atoms with van der Waals surface area (Å²) in [6.45, 7) is 0. The van der Waals surface area contributed by atoms with Crippen LogP contribution < -0.4 is 5.32 Å². The van der Waals surface area contributed by atoms with E-state index in [0.717, 1.165) is 33.3 Å². The molecule has 0 aliphatic carbocycles. The first-order valence-electron chi connectivity index (χ1n) is 14.1. The van der Waals surface area contributed by atoms with Crippen LogP contribution in [-0.2, 0) is 16.3 Å². The Labute approximate surface area is 248 Å². The summed E-state index contributed by atoms with van der Waals surface area (Å²) in [5, 5.41) is 16.0. The lowest BCUT2D eigenvalue weighted by Crippen LogP contribution is -2.14. The number of rotatable bonds is 7. The van der Waals surface area contributed by atoms with Gasteiger partial charge in [0.25, 0.3) is 5.91 Å². The fourth-order valence-corrected chi connectivity index (χ4v) is 7.42. The van der Waals surface area contributed by atoms with E-state index in [-0.39, 0.29) is 23.5 Å². The van der Waals surface area contributed by atoms with E-state index >= 15 is 0 Å². The van der Waals surface area contributed by atoms with Crippen LogP contribution in [0.25, 0.3) is 33.5 Å². The summed E-state index contributed by atoms with van der Waals surface area (Å²) in [4.78, 5) is 17.9. The number of fused-ring (bicyclic) bond motifs is 1. The molecule has 1 aliphatic heterocycles. The van der Waals surface area contributed by atoms with E-state index in [0.29, 0.717) is 35.5 Å². The molecular formula is C33H28N6O3S. The number of anilines is 1. The van der Waals surface area contributed by atoms with Crippen molar-refractivity contribution < 1.29 is 13.2 Å². The van der Waals surface area contributed by atoms with Gasteiger partial charge >= 0.3 is 0 Å². The number of sulfone groups is 1. The minimum absolute atomic E-state index is 0.0512. The van der Waals surface area contributed by atoms with Crippen molar-refractivity contribution in [1.29, 1.82) is 0 Å². The number of H-pyrrole nitrogens is 1. The topological polar surface area (TPSA) is 123 Å². The van der Waals surface area contributed by atoms with Gasteiger partial charge in [-0.05, 0) is 54.4 Å². The molecule has 1 atom stereocenters. The lowest BCUT2D eigenvalue weighted by molar-refractivity contribution is 0.102. The van der Waals surface area contributed by atoms with Crippen LogP contribution in [0.2, 0.25) is 0 Å². The van der Waals surface area contributed by atoms with E-state index < -0.39 is 9.84 Å². The largest absolute Gasteiger partial charge is 0.322 e. The molecule has 1 amide bonds. The highest BCUT2D eigenvalue weighted by Crippen LogP contribution is 2.38. The predicted molar refractivity (Wildman–Crippen MR) is 166 cm³/mol.